The molecular formula is C26H35N3O6S. The number of amides is 1. The van der Waals surface area contributed by atoms with Gasteiger partial charge in [0.2, 0.25) is 15.9 Å². The van der Waals surface area contributed by atoms with E-state index in [0.29, 0.717) is 54.4 Å². The smallest absolute Gasteiger partial charge is 0.248 e. The van der Waals surface area contributed by atoms with Crippen LogP contribution in [0.2, 0.25) is 0 Å². The summed E-state index contributed by atoms with van der Waals surface area (Å²) in [5, 5.41) is 0. The number of pyridine rings is 1. The number of morpholine rings is 1. The molecule has 2 aromatic rings. The maximum Gasteiger partial charge on any atom is 0.248 e. The highest BCUT2D eigenvalue weighted by Crippen LogP contribution is 2.32. The molecule has 1 aromatic carbocycles. The van der Waals surface area contributed by atoms with Gasteiger partial charge in [0, 0.05) is 37.1 Å². The van der Waals surface area contributed by atoms with Gasteiger partial charge < -0.3 is 19.1 Å². The summed E-state index contributed by atoms with van der Waals surface area (Å²) in [5.74, 6) is 0.508. The molecular weight excluding hydrogens is 482 g/mol. The Balaban J connectivity index is 1.38. The Morgan fingerprint density at radius 2 is 1.97 bits per heavy atom. The Labute approximate surface area is 213 Å². The number of piperidine rings is 1. The minimum absolute atomic E-state index is 0.0925. The van der Waals surface area contributed by atoms with Crippen molar-refractivity contribution in [2.45, 2.75) is 50.2 Å². The maximum absolute atomic E-state index is 13.7. The normalized spacial score (nSPS) is 21.4. The second-order valence-corrected chi connectivity index (χ2v) is 11.2. The molecule has 2 saturated heterocycles. The van der Waals surface area contributed by atoms with Crippen molar-refractivity contribution < 1.29 is 27.4 Å². The van der Waals surface area contributed by atoms with Crippen molar-refractivity contribution in [3.63, 3.8) is 0 Å². The molecule has 0 spiro atoms. The quantitative estimate of drug-likeness (QED) is 0.531. The lowest BCUT2D eigenvalue weighted by molar-refractivity contribution is -0.144. The second kappa shape index (κ2) is 11.7. The number of carbonyl (C=O) groups excluding carboxylic acids is 1. The molecule has 10 heteroatoms. The first-order valence-electron chi connectivity index (χ1n) is 12.4. The number of hydrogen-bond donors (Lipinski definition) is 0. The van der Waals surface area contributed by atoms with Gasteiger partial charge in [-0.1, -0.05) is 12.5 Å². The number of ether oxygens (including phenoxy) is 3. The lowest BCUT2D eigenvalue weighted by Gasteiger charge is -2.36. The maximum atomic E-state index is 13.7. The monoisotopic (exact) mass is 517 g/mol. The van der Waals surface area contributed by atoms with Gasteiger partial charge in [-0.15, -0.1) is 0 Å². The number of sulfonamides is 1. The van der Waals surface area contributed by atoms with E-state index in [1.165, 1.54) is 0 Å². The number of hydrogen-bond acceptors (Lipinski definition) is 7. The summed E-state index contributed by atoms with van der Waals surface area (Å²) in [6.07, 6.45) is 5.65. The number of carbonyl (C=O) groups is 1. The first-order valence-corrected chi connectivity index (χ1v) is 13.8. The number of rotatable bonds is 8. The Morgan fingerprint density at radius 3 is 2.67 bits per heavy atom. The van der Waals surface area contributed by atoms with Gasteiger partial charge >= 0.3 is 0 Å². The molecule has 0 aliphatic carbocycles. The summed E-state index contributed by atoms with van der Waals surface area (Å²) >= 11 is 0. The molecule has 0 N–H and O–H groups in total. The van der Waals surface area contributed by atoms with Crippen LogP contribution in [0, 0.1) is 13.8 Å². The highest BCUT2D eigenvalue weighted by Gasteiger charge is 2.36. The van der Waals surface area contributed by atoms with Crippen LogP contribution >= 0.6 is 0 Å². The fourth-order valence-corrected chi connectivity index (χ4v) is 7.12. The van der Waals surface area contributed by atoms with Crippen molar-refractivity contribution in [2.75, 3.05) is 46.6 Å². The van der Waals surface area contributed by atoms with Crippen LogP contribution in [0.3, 0.4) is 0 Å². The molecule has 1 aromatic heterocycles. The SMILES string of the molecule is COc1cc(C)c(S(=O)(=O)N2CCCCC2COCC(=O)N2CCOC(c3cccnc3)C2)c(C)c1. The molecule has 2 unspecified atom stereocenters. The Kier molecular flexibility index (Phi) is 8.61. The van der Waals surface area contributed by atoms with Crippen molar-refractivity contribution in [3.8, 4) is 5.75 Å². The van der Waals surface area contributed by atoms with E-state index in [-0.39, 0.29) is 31.3 Å². The molecule has 196 valence electrons. The van der Waals surface area contributed by atoms with Crippen molar-refractivity contribution >= 4 is 15.9 Å². The second-order valence-electron chi connectivity index (χ2n) is 9.36. The molecule has 0 saturated carbocycles. The molecule has 1 amide bonds. The van der Waals surface area contributed by atoms with E-state index < -0.39 is 10.0 Å². The van der Waals surface area contributed by atoms with Crippen LogP contribution in [0.5, 0.6) is 5.75 Å². The van der Waals surface area contributed by atoms with Crippen LogP contribution in [0.15, 0.2) is 41.6 Å². The first kappa shape index (κ1) is 26.5. The predicted octanol–water partition coefficient (Wildman–Crippen LogP) is 2.87. The summed E-state index contributed by atoms with van der Waals surface area (Å²) < 4.78 is 45.9. The number of nitrogens with zero attached hydrogens (tertiary/aromatic N) is 3. The third kappa shape index (κ3) is 5.88. The summed E-state index contributed by atoms with van der Waals surface area (Å²) in [6.45, 7) is 5.48. The molecule has 2 atom stereocenters. The highest BCUT2D eigenvalue weighted by molar-refractivity contribution is 7.89. The molecule has 9 nitrogen and oxygen atoms in total. The van der Waals surface area contributed by atoms with Crippen molar-refractivity contribution in [1.82, 2.24) is 14.2 Å². The van der Waals surface area contributed by atoms with Crippen molar-refractivity contribution in [1.29, 1.82) is 0 Å². The average molecular weight is 518 g/mol. The van der Waals surface area contributed by atoms with Gasteiger partial charge in [-0.25, -0.2) is 8.42 Å². The summed E-state index contributed by atoms with van der Waals surface area (Å²) in [4.78, 5) is 19.0. The number of aryl methyl sites for hydroxylation is 2. The van der Waals surface area contributed by atoms with Crippen LogP contribution in [-0.2, 0) is 24.3 Å². The Hall–Kier alpha value is -2.53. The third-order valence-corrected chi connectivity index (χ3v) is 9.08. The van der Waals surface area contributed by atoms with Gasteiger partial charge in [-0.05, 0) is 56.0 Å². The van der Waals surface area contributed by atoms with E-state index in [0.717, 1.165) is 18.4 Å². The van der Waals surface area contributed by atoms with Gasteiger partial charge in [0.15, 0.2) is 0 Å². The summed E-state index contributed by atoms with van der Waals surface area (Å²) in [5.41, 5.74) is 2.24. The molecule has 2 aliphatic heterocycles. The number of aromatic nitrogens is 1. The van der Waals surface area contributed by atoms with Gasteiger partial charge in [0.05, 0.1) is 31.8 Å². The molecule has 3 heterocycles. The van der Waals surface area contributed by atoms with E-state index in [2.05, 4.69) is 4.98 Å². The Bertz CT molecular complexity index is 1130. The van der Waals surface area contributed by atoms with Gasteiger partial charge in [0.1, 0.15) is 18.5 Å². The zero-order chi connectivity index (χ0) is 25.7. The predicted molar refractivity (Wildman–Crippen MR) is 134 cm³/mol. The fourth-order valence-electron chi connectivity index (χ4n) is 5.03. The third-order valence-electron chi connectivity index (χ3n) is 6.82. The van der Waals surface area contributed by atoms with Gasteiger partial charge in [0.25, 0.3) is 0 Å². The van der Waals surface area contributed by atoms with E-state index in [4.69, 9.17) is 14.2 Å². The molecule has 0 radical (unpaired) electrons. The van der Waals surface area contributed by atoms with Crippen LogP contribution < -0.4 is 4.74 Å². The minimum Gasteiger partial charge on any atom is -0.497 e. The molecule has 2 aliphatic rings. The van der Waals surface area contributed by atoms with E-state index >= 15 is 0 Å². The van der Waals surface area contributed by atoms with Crippen molar-refractivity contribution in [3.05, 3.63) is 53.3 Å². The van der Waals surface area contributed by atoms with Crippen LogP contribution in [-0.4, -0.2) is 81.1 Å². The van der Waals surface area contributed by atoms with Gasteiger partial charge in [-0.2, -0.15) is 4.31 Å². The standard InChI is InChI=1S/C26H35N3O6S/c1-19-13-23(33-3)14-20(2)26(19)36(31,32)29-10-5-4-8-22(29)17-34-18-25(30)28-11-12-35-24(16-28)21-7-6-9-27-15-21/h6-7,9,13-15,22,24H,4-5,8,10-12,16-18H2,1-3H3. The topological polar surface area (TPSA) is 98.3 Å². The molecule has 0 bridgehead atoms. The van der Waals surface area contributed by atoms with E-state index in [1.807, 2.05) is 12.1 Å². The van der Waals surface area contributed by atoms with Crippen LogP contribution in [0.4, 0.5) is 0 Å². The average Bonchev–Trinajstić information content (AvgIpc) is 2.88. The summed E-state index contributed by atoms with van der Waals surface area (Å²) in [7, 11) is -2.16. The number of benzene rings is 1. The minimum atomic E-state index is -3.73. The molecule has 2 fully saturated rings. The van der Waals surface area contributed by atoms with Gasteiger partial charge in [-0.3, -0.25) is 9.78 Å². The van der Waals surface area contributed by atoms with Crippen LogP contribution in [0.1, 0.15) is 42.1 Å². The van der Waals surface area contributed by atoms with E-state index in [1.54, 1.807) is 54.7 Å². The zero-order valence-corrected chi connectivity index (χ0v) is 22.0. The highest BCUT2D eigenvalue weighted by atomic mass is 32.2. The first-order chi connectivity index (χ1) is 17.3. The lowest BCUT2D eigenvalue weighted by Crippen LogP contribution is -2.47. The largest absolute Gasteiger partial charge is 0.497 e. The Morgan fingerprint density at radius 1 is 1.19 bits per heavy atom. The number of methoxy groups -OCH3 is 1. The van der Waals surface area contributed by atoms with Crippen LogP contribution in [0.25, 0.3) is 0 Å². The van der Waals surface area contributed by atoms with Crippen molar-refractivity contribution in [2.24, 2.45) is 0 Å². The fraction of sp³-hybridized carbons (Fsp3) is 0.538. The zero-order valence-electron chi connectivity index (χ0n) is 21.2. The lowest BCUT2D eigenvalue weighted by atomic mass is 10.1. The molecule has 36 heavy (non-hydrogen) atoms. The molecule has 4 rings (SSSR count). The van der Waals surface area contributed by atoms with E-state index in [9.17, 15) is 13.2 Å². The summed E-state index contributed by atoms with van der Waals surface area (Å²) in [6, 6.07) is 6.96.